The van der Waals surface area contributed by atoms with Crippen LogP contribution in [0.4, 0.5) is 0 Å². The molecule has 3 aliphatic rings. The van der Waals surface area contributed by atoms with Crippen LogP contribution in [-0.4, -0.2) is 123 Å². The summed E-state index contributed by atoms with van der Waals surface area (Å²) < 4.78 is 63.0. The lowest BCUT2D eigenvalue weighted by Crippen LogP contribution is -2.68. The quantitative estimate of drug-likeness (QED) is 0.244. The molecule has 266 valence electrons. The van der Waals surface area contributed by atoms with Crippen LogP contribution in [-0.2, 0) is 76.1 Å². The Balaban J connectivity index is 1.77. The fraction of sp³-hybridized carbons (Fsp3) is 0.645. The third kappa shape index (κ3) is 9.25. The van der Waals surface area contributed by atoms with E-state index in [1.165, 1.54) is 7.11 Å². The summed E-state index contributed by atoms with van der Waals surface area (Å²) in [5, 5.41) is 11.4. The van der Waals surface area contributed by atoms with Crippen LogP contribution < -0.4 is 0 Å². The summed E-state index contributed by atoms with van der Waals surface area (Å²) in [6.07, 6.45) is -16.4. The number of esters is 5. The summed E-state index contributed by atoms with van der Waals surface area (Å²) in [6.45, 7) is 4.82. The third-order valence-electron chi connectivity index (χ3n) is 7.47. The SMILES string of the molecule is CO[C@H]1O[C@@H]2CO[C@@H](c3ccccc3)O[C@H]2[C@H](O[C@H]2O[C@H]([C@H](COC(C)=O)OC(C)=O)[C@@H](OC(C)=O)[C@H](OC(C)=O)[C@@H]2OC(C)=O)[C@@H]1O. The molecule has 0 unspecified atom stereocenters. The minimum Gasteiger partial charge on any atom is -0.462 e. The van der Waals surface area contributed by atoms with Gasteiger partial charge in [0.15, 0.2) is 43.3 Å². The number of hydrogen-bond acceptors (Lipinski definition) is 17. The molecule has 48 heavy (non-hydrogen) atoms. The molecule has 0 spiro atoms. The van der Waals surface area contributed by atoms with Crippen molar-refractivity contribution in [1.29, 1.82) is 0 Å². The van der Waals surface area contributed by atoms with Crippen LogP contribution in [0.1, 0.15) is 46.5 Å². The molecule has 4 rings (SSSR count). The largest absolute Gasteiger partial charge is 0.462 e. The highest BCUT2D eigenvalue weighted by molar-refractivity contribution is 5.69. The van der Waals surface area contributed by atoms with E-state index in [0.29, 0.717) is 5.56 Å². The molecule has 12 atom stereocenters. The summed E-state index contributed by atoms with van der Waals surface area (Å²) in [6, 6.07) is 8.96. The molecule has 3 aliphatic heterocycles. The highest BCUT2D eigenvalue weighted by Gasteiger charge is 2.58. The maximum absolute atomic E-state index is 12.4. The number of aliphatic hydroxyl groups is 1. The molecule has 1 aromatic carbocycles. The van der Waals surface area contributed by atoms with Crippen LogP contribution in [0, 0.1) is 0 Å². The molecule has 3 fully saturated rings. The van der Waals surface area contributed by atoms with Gasteiger partial charge >= 0.3 is 29.8 Å². The number of ether oxygens (including phenoxy) is 11. The van der Waals surface area contributed by atoms with Crippen LogP contribution in [0.15, 0.2) is 30.3 Å². The van der Waals surface area contributed by atoms with Crippen molar-refractivity contribution in [3.63, 3.8) is 0 Å². The zero-order valence-electron chi connectivity index (χ0n) is 27.2. The molecule has 3 saturated heterocycles. The Bertz CT molecular complexity index is 1290. The third-order valence-corrected chi connectivity index (χ3v) is 7.47. The van der Waals surface area contributed by atoms with Gasteiger partial charge in [0, 0.05) is 47.3 Å². The standard InChI is InChI=1S/C31H40O17/c1-14(32)39-12-20(41-15(2)33)24-26(42-16(3)34)27(43-17(4)35)28(44-18(5)36)31(47-24)48-25-22(37)30(38-6)45-21-13-40-29(46-23(21)25)19-10-8-7-9-11-19/h7-11,20-31,37H,12-13H2,1-6H3/t20-,21+,22-,23+,24+,25+,26+,27-,28-,29+,30-,31+/m0/s1. The van der Waals surface area contributed by atoms with Crippen molar-refractivity contribution >= 4 is 29.8 Å². The Morgan fingerprint density at radius 2 is 1.40 bits per heavy atom. The fourth-order valence-corrected chi connectivity index (χ4v) is 5.67. The monoisotopic (exact) mass is 684 g/mol. The van der Waals surface area contributed by atoms with Crippen molar-refractivity contribution in [3.05, 3.63) is 35.9 Å². The molecule has 0 amide bonds. The lowest BCUT2D eigenvalue weighted by molar-refractivity contribution is -0.392. The molecular formula is C31H40O17. The molecule has 1 aromatic rings. The second-order valence-corrected chi connectivity index (χ2v) is 11.2. The summed E-state index contributed by atoms with van der Waals surface area (Å²) in [4.78, 5) is 61.0. The Morgan fingerprint density at radius 1 is 0.771 bits per heavy atom. The zero-order valence-corrected chi connectivity index (χ0v) is 27.2. The number of carbonyl (C=O) groups is 5. The Hall–Kier alpha value is -3.71. The predicted octanol–water partition coefficient (Wildman–Crippen LogP) is 0.233. The second-order valence-electron chi connectivity index (χ2n) is 11.2. The molecule has 1 N–H and O–H groups in total. The Kier molecular flexibility index (Phi) is 12.8. The molecule has 0 radical (unpaired) electrons. The summed E-state index contributed by atoms with van der Waals surface area (Å²) >= 11 is 0. The van der Waals surface area contributed by atoms with Crippen molar-refractivity contribution in [1.82, 2.24) is 0 Å². The zero-order chi connectivity index (χ0) is 35.1. The number of rotatable bonds is 11. The normalized spacial score (nSPS) is 33.7. The topological polar surface area (TPSA) is 207 Å². The van der Waals surface area contributed by atoms with E-state index in [4.69, 9.17) is 52.1 Å². The van der Waals surface area contributed by atoms with Gasteiger partial charge in [-0.2, -0.15) is 0 Å². The average molecular weight is 685 g/mol. The van der Waals surface area contributed by atoms with Gasteiger partial charge in [-0.05, 0) is 0 Å². The van der Waals surface area contributed by atoms with Gasteiger partial charge in [-0.3, -0.25) is 24.0 Å². The van der Waals surface area contributed by atoms with Gasteiger partial charge in [0.05, 0.1) is 6.61 Å². The van der Waals surface area contributed by atoms with Crippen molar-refractivity contribution in [3.8, 4) is 0 Å². The smallest absolute Gasteiger partial charge is 0.303 e. The minimum atomic E-state index is -1.72. The molecule has 0 aliphatic carbocycles. The van der Waals surface area contributed by atoms with E-state index in [1.807, 2.05) is 6.07 Å². The first-order chi connectivity index (χ1) is 22.8. The van der Waals surface area contributed by atoms with E-state index >= 15 is 0 Å². The first-order valence-corrected chi connectivity index (χ1v) is 15.1. The maximum Gasteiger partial charge on any atom is 0.303 e. The molecule has 17 heteroatoms. The van der Waals surface area contributed by atoms with Gasteiger partial charge in [-0.1, -0.05) is 30.3 Å². The van der Waals surface area contributed by atoms with E-state index < -0.39 is 110 Å². The number of fused-ring (bicyclic) bond motifs is 1. The predicted molar refractivity (Wildman–Crippen MR) is 154 cm³/mol. The van der Waals surface area contributed by atoms with Crippen LogP contribution in [0.3, 0.4) is 0 Å². The van der Waals surface area contributed by atoms with Gasteiger partial charge in [0.1, 0.15) is 37.1 Å². The van der Waals surface area contributed by atoms with Crippen LogP contribution in [0.2, 0.25) is 0 Å². The molecule has 3 heterocycles. The summed E-state index contributed by atoms with van der Waals surface area (Å²) in [5.74, 6) is -4.16. The fourth-order valence-electron chi connectivity index (χ4n) is 5.67. The summed E-state index contributed by atoms with van der Waals surface area (Å²) in [7, 11) is 1.30. The van der Waals surface area contributed by atoms with Crippen LogP contribution in [0.25, 0.3) is 0 Å². The van der Waals surface area contributed by atoms with E-state index in [-0.39, 0.29) is 6.61 Å². The van der Waals surface area contributed by atoms with Gasteiger partial charge in [0.25, 0.3) is 0 Å². The Labute approximate surface area is 275 Å². The van der Waals surface area contributed by atoms with E-state index in [0.717, 1.165) is 34.6 Å². The number of methoxy groups -OCH3 is 1. The maximum atomic E-state index is 12.4. The van der Waals surface area contributed by atoms with Crippen molar-refractivity contribution in [2.24, 2.45) is 0 Å². The van der Waals surface area contributed by atoms with Gasteiger partial charge in [-0.25, -0.2) is 0 Å². The molecule has 0 bridgehead atoms. The number of carbonyl (C=O) groups excluding carboxylic acids is 5. The molecule has 0 saturated carbocycles. The van der Waals surface area contributed by atoms with E-state index in [9.17, 15) is 29.1 Å². The average Bonchev–Trinajstić information content (AvgIpc) is 3.02. The minimum absolute atomic E-state index is 0.000298. The van der Waals surface area contributed by atoms with E-state index in [2.05, 4.69) is 0 Å². The van der Waals surface area contributed by atoms with Crippen molar-refractivity contribution < 1.29 is 81.2 Å². The number of aliphatic hydroxyl groups excluding tert-OH is 1. The van der Waals surface area contributed by atoms with Gasteiger partial charge in [0.2, 0.25) is 0 Å². The number of benzene rings is 1. The molecule has 0 aromatic heterocycles. The molecule has 17 nitrogen and oxygen atoms in total. The highest BCUT2D eigenvalue weighted by atomic mass is 16.8. The van der Waals surface area contributed by atoms with Crippen molar-refractivity contribution in [2.75, 3.05) is 20.3 Å². The summed E-state index contributed by atoms with van der Waals surface area (Å²) in [5.41, 5.74) is 0.665. The van der Waals surface area contributed by atoms with E-state index in [1.54, 1.807) is 24.3 Å². The lowest BCUT2D eigenvalue weighted by atomic mass is 9.93. The first kappa shape index (κ1) is 37.1. The van der Waals surface area contributed by atoms with Crippen LogP contribution in [0.5, 0.6) is 0 Å². The van der Waals surface area contributed by atoms with Crippen molar-refractivity contribution in [2.45, 2.75) is 108 Å². The first-order valence-electron chi connectivity index (χ1n) is 15.1. The van der Waals surface area contributed by atoms with Gasteiger partial charge < -0.3 is 57.2 Å². The number of hydrogen-bond donors (Lipinski definition) is 1. The van der Waals surface area contributed by atoms with Gasteiger partial charge in [-0.15, -0.1) is 0 Å². The molecular weight excluding hydrogens is 644 g/mol. The lowest BCUT2D eigenvalue weighted by Gasteiger charge is -2.50. The van der Waals surface area contributed by atoms with Crippen LogP contribution >= 0.6 is 0 Å². The second kappa shape index (κ2) is 16.6. The Morgan fingerprint density at radius 3 is 1.98 bits per heavy atom. The highest BCUT2D eigenvalue weighted by Crippen LogP contribution is 2.39.